The maximum absolute atomic E-state index is 16.7. The molecule has 2 saturated heterocycles. The molecule has 0 spiro atoms. The quantitative estimate of drug-likeness (QED) is 0.175. The van der Waals surface area contributed by atoms with Crippen LogP contribution in [0.2, 0.25) is 0 Å². The highest BCUT2D eigenvalue weighted by molar-refractivity contribution is 5.99. The van der Waals surface area contributed by atoms with Crippen LogP contribution in [-0.2, 0) is 6.18 Å². The molecule has 0 saturated carbocycles. The molecule has 11 nitrogen and oxygen atoms in total. The van der Waals surface area contributed by atoms with E-state index >= 15 is 4.39 Å². The Bertz CT molecular complexity index is 2080. The topological polar surface area (TPSA) is 151 Å². The van der Waals surface area contributed by atoms with E-state index in [0.717, 1.165) is 50.8 Å². The summed E-state index contributed by atoms with van der Waals surface area (Å²) in [6.45, 7) is 4.87. The Morgan fingerprint density at radius 3 is 2.70 bits per heavy atom. The average Bonchev–Trinajstić information content (AvgIpc) is 3.56. The molecule has 16 heteroatoms. The number of aryl methyl sites for hydroxylation is 1. The van der Waals surface area contributed by atoms with Crippen molar-refractivity contribution in [2.45, 2.75) is 50.9 Å². The van der Waals surface area contributed by atoms with Gasteiger partial charge in [-0.1, -0.05) is 0 Å². The molecule has 0 aliphatic carbocycles. The largest absolute Gasteiger partial charge is 0.461 e. The van der Waals surface area contributed by atoms with Crippen molar-refractivity contribution in [3.05, 3.63) is 63.2 Å². The Kier molecular flexibility index (Phi) is 6.88. The summed E-state index contributed by atoms with van der Waals surface area (Å²) in [6.07, 6.45) is -0.0548. The van der Waals surface area contributed by atoms with Gasteiger partial charge in [0.1, 0.15) is 35.0 Å². The molecule has 2 atom stereocenters. The normalized spacial score (nSPS) is 18.9. The van der Waals surface area contributed by atoms with Crippen molar-refractivity contribution in [1.29, 1.82) is 0 Å². The monoisotopic (exact) mass is 641 g/mol. The first-order valence-corrected chi connectivity index (χ1v) is 14.6. The lowest BCUT2D eigenvalue weighted by Gasteiger charge is -2.47. The molecule has 0 unspecified atom stereocenters. The average molecular weight is 642 g/mol. The number of aromatic amines is 2. The first-order chi connectivity index (χ1) is 21.9. The van der Waals surface area contributed by atoms with E-state index in [1.165, 1.54) is 13.0 Å². The predicted molar refractivity (Wildman–Crippen MR) is 159 cm³/mol. The molecule has 5 aromatic rings. The van der Waals surface area contributed by atoms with E-state index < -0.39 is 51.7 Å². The van der Waals surface area contributed by atoms with E-state index in [0.29, 0.717) is 0 Å². The van der Waals surface area contributed by atoms with Crippen LogP contribution in [0, 0.1) is 18.6 Å². The fourth-order valence-corrected chi connectivity index (χ4v) is 6.70. The minimum Gasteiger partial charge on any atom is -0.461 e. The van der Waals surface area contributed by atoms with E-state index in [1.807, 2.05) is 0 Å². The summed E-state index contributed by atoms with van der Waals surface area (Å²) in [5.41, 5.74) is 2.02. The van der Waals surface area contributed by atoms with Gasteiger partial charge in [-0.05, 0) is 57.4 Å². The number of benzene rings is 1. The van der Waals surface area contributed by atoms with Gasteiger partial charge in [-0.25, -0.2) is 13.8 Å². The van der Waals surface area contributed by atoms with Gasteiger partial charge < -0.3 is 20.8 Å². The van der Waals surface area contributed by atoms with Crippen molar-refractivity contribution in [2.24, 2.45) is 0 Å². The van der Waals surface area contributed by atoms with Gasteiger partial charge in [-0.3, -0.25) is 14.8 Å². The number of H-pyrrole nitrogens is 2. The summed E-state index contributed by atoms with van der Waals surface area (Å²) < 4.78 is 80.1. The second-order valence-electron chi connectivity index (χ2n) is 11.8. The minimum absolute atomic E-state index is 0.00674. The number of hydrogen-bond donors (Lipinski definition) is 4. The molecular formula is C30H28F5N9O2. The zero-order valence-electron chi connectivity index (χ0n) is 24.6. The first-order valence-electron chi connectivity index (χ1n) is 14.6. The van der Waals surface area contributed by atoms with Gasteiger partial charge in [0.25, 0.3) is 5.56 Å². The molecule has 2 fully saturated rings. The van der Waals surface area contributed by atoms with Crippen LogP contribution in [0.15, 0.2) is 29.3 Å². The molecule has 4 aromatic heterocycles. The number of aromatic nitrogens is 6. The number of nitrogens with one attached hydrogen (secondary N) is 3. The first kappa shape index (κ1) is 29.8. The second-order valence-corrected chi connectivity index (χ2v) is 11.8. The summed E-state index contributed by atoms with van der Waals surface area (Å²) in [4.78, 5) is 30.7. The smallest absolute Gasteiger partial charge is 0.417 e. The number of ether oxygens (including phenoxy) is 1. The number of fused-ring (bicyclic) bond motifs is 3. The van der Waals surface area contributed by atoms with E-state index in [9.17, 15) is 22.4 Å². The van der Waals surface area contributed by atoms with Gasteiger partial charge in [0.2, 0.25) is 0 Å². The van der Waals surface area contributed by atoms with Crippen LogP contribution in [0.5, 0.6) is 6.01 Å². The van der Waals surface area contributed by atoms with Crippen LogP contribution >= 0.6 is 0 Å². The zero-order chi connectivity index (χ0) is 32.5. The number of alkyl halides is 3. The van der Waals surface area contributed by atoms with Crippen LogP contribution < -0.4 is 21.3 Å². The van der Waals surface area contributed by atoms with Gasteiger partial charge in [0.05, 0.1) is 40.7 Å². The Labute approximate surface area is 257 Å². The number of nitrogens with two attached hydrogens (primary N) is 1. The molecular weight excluding hydrogens is 613 g/mol. The third-order valence-electron chi connectivity index (χ3n) is 9.05. The maximum atomic E-state index is 16.7. The molecule has 0 bridgehead atoms. The molecule has 6 heterocycles. The van der Waals surface area contributed by atoms with Crippen molar-refractivity contribution in [1.82, 2.24) is 35.0 Å². The van der Waals surface area contributed by atoms with E-state index in [-0.39, 0.29) is 57.2 Å². The zero-order valence-corrected chi connectivity index (χ0v) is 24.6. The standard InChI is InChI=1S/C30H28F5N9O2/c1-13-8-18-17(11-38-43-18)19(21(13)30(33,34)35)23-22(32)24-20(27(45)40-23)26(39-14(2)16-9-15(31)10-37-25(16)36)42-28(41-24)46-12-29-4-3-6-44(29)7-5-29/h8-11,14H,3-7,12H2,1-2H3,(H2,36,37)(H,38,43)(H,40,45)(H,39,41,42)/t14-,29-/m1/s1. The van der Waals surface area contributed by atoms with Gasteiger partial charge >= 0.3 is 12.2 Å². The van der Waals surface area contributed by atoms with Crippen LogP contribution in [0.4, 0.5) is 33.6 Å². The number of rotatable bonds is 7. The number of nitrogens with zero attached hydrogens (tertiary/aromatic N) is 5. The highest BCUT2D eigenvalue weighted by Crippen LogP contribution is 2.44. The van der Waals surface area contributed by atoms with Crippen molar-refractivity contribution in [3.63, 3.8) is 0 Å². The van der Waals surface area contributed by atoms with Gasteiger partial charge in [-0.15, -0.1) is 0 Å². The molecule has 46 heavy (non-hydrogen) atoms. The van der Waals surface area contributed by atoms with Crippen molar-refractivity contribution in [2.75, 3.05) is 30.7 Å². The highest BCUT2D eigenvalue weighted by Gasteiger charge is 2.48. The third-order valence-corrected chi connectivity index (χ3v) is 9.05. The molecule has 2 aliphatic heterocycles. The number of pyridine rings is 2. The maximum Gasteiger partial charge on any atom is 0.417 e. The lowest BCUT2D eigenvalue weighted by atomic mass is 9.86. The number of hydrogen-bond acceptors (Lipinski definition) is 9. The molecule has 5 N–H and O–H groups in total. The lowest BCUT2D eigenvalue weighted by Crippen LogP contribution is -2.59. The molecule has 0 amide bonds. The minimum atomic E-state index is -4.90. The summed E-state index contributed by atoms with van der Waals surface area (Å²) in [5, 5.41) is 8.98. The van der Waals surface area contributed by atoms with Crippen molar-refractivity contribution in [3.8, 4) is 17.3 Å². The number of halogens is 5. The molecule has 2 aliphatic rings. The fourth-order valence-electron chi connectivity index (χ4n) is 6.70. The molecule has 1 aromatic carbocycles. The van der Waals surface area contributed by atoms with E-state index in [4.69, 9.17) is 10.5 Å². The Hall–Kier alpha value is -4.86. The number of anilines is 2. The molecule has 7 rings (SSSR count). The fraction of sp³-hybridized carbons (Fsp3) is 0.367. The Balaban J connectivity index is 1.42. The predicted octanol–water partition coefficient (Wildman–Crippen LogP) is 5.23. The van der Waals surface area contributed by atoms with Crippen LogP contribution in [0.1, 0.15) is 48.9 Å². The highest BCUT2D eigenvalue weighted by atomic mass is 19.4. The lowest BCUT2D eigenvalue weighted by molar-refractivity contribution is -0.137. The van der Waals surface area contributed by atoms with Gasteiger partial charge in [0.15, 0.2) is 5.82 Å². The summed E-state index contributed by atoms with van der Waals surface area (Å²) in [7, 11) is 0. The Morgan fingerprint density at radius 1 is 1.17 bits per heavy atom. The molecule has 240 valence electrons. The third kappa shape index (κ3) is 4.78. The summed E-state index contributed by atoms with van der Waals surface area (Å²) in [6, 6.07) is 1.32. The van der Waals surface area contributed by atoms with E-state index in [1.54, 1.807) is 6.92 Å². The van der Waals surface area contributed by atoms with Crippen LogP contribution in [0.25, 0.3) is 33.1 Å². The SMILES string of the molecule is Cc1cc2[nH]ncc2c(-c2[nH]c(=O)c3c(N[C@H](C)c4cc(F)cnc4N)nc(OC[C@]45CCCN4CC5)nc3c2F)c1C(F)(F)F. The van der Waals surface area contributed by atoms with E-state index in [2.05, 4.69) is 40.3 Å². The molecule has 0 radical (unpaired) electrons. The Morgan fingerprint density at radius 2 is 1.98 bits per heavy atom. The van der Waals surface area contributed by atoms with Crippen molar-refractivity contribution < 1.29 is 26.7 Å². The van der Waals surface area contributed by atoms with Gasteiger partial charge in [0, 0.05) is 23.1 Å². The second kappa shape index (κ2) is 10.6. The summed E-state index contributed by atoms with van der Waals surface area (Å²) in [5.74, 6) is -2.07. The van der Waals surface area contributed by atoms with Crippen LogP contribution in [0.3, 0.4) is 0 Å². The van der Waals surface area contributed by atoms with Crippen LogP contribution in [-0.4, -0.2) is 60.3 Å². The summed E-state index contributed by atoms with van der Waals surface area (Å²) >= 11 is 0. The number of nitrogen functional groups attached to an aromatic ring is 1. The van der Waals surface area contributed by atoms with Crippen molar-refractivity contribution >= 4 is 33.4 Å². The van der Waals surface area contributed by atoms with Gasteiger partial charge in [-0.2, -0.15) is 28.2 Å².